The third-order valence-electron chi connectivity index (χ3n) is 7.39. The molecular formula is C30H29N5O2S. The van der Waals surface area contributed by atoms with Gasteiger partial charge in [-0.25, -0.2) is 4.98 Å². The molecule has 1 saturated heterocycles. The third-order valence-corrected chi connectivity index (χ3v) is 8.31. The summed E-state index contributed by atoms with van der Waals surface area (Å²) in [5.41, 5.74) is 5.89. The number of hydrogen-bond donors (Lipinski definition) is 1. The van der Waals surface area contributed by atoms with Crippen molar-refractivity contribution < 1.29 is 4.79 Å². The molecular weight excluding hydrogens is 494 g/mol. The number of carbonyl (C=O) groups is 1. The molecule has 7 nitrogen and oxygen atoms in total. The second-order valence-electron chi connectivity index (χ2n) is 9.64. The van der Waals surface area contributed by atoms with Crippen LogP contribution in [0.4, 0.5) is 5.69 Å². The fourth-order valence-electron chi connectivity index (χ4n) is 5.10. The van der Waals surface area contributed by atoms with Crippen LogP contribution in [-0.4, -0.2) is 57.3 Å². The van der Waals surface area contributed by atoms with Gasteiger partial charge in [0.2, 0.25) is 5.91 Å². The Labute approximate surface area is 225 Å². The number of H-pyrrole nitrogens is 1. The number of aryl methyl sites for hydroxylation is 1. The predicted molar refractivity (Wildman–Crippen MR) is 155 cm³/mol. The van der Waals surface area contributed by atoms with Crippen molar-refractivity contribution in [1.82, 2.24) is 19.4 Å². The fraction of sp³-hybridized carbons (Fsp3) is 0.233. The zero-order valence-electron chi connectivity index (χ0n) is 21.5. The molecule has 3 aromatic carbocycles. The molecule has 1 aliphatic heterocycles. The molecule has 0 bridgehead atoms. The largest absolute Gasteiger partial charge is 0.368 e. The summed E-state index contributed by atoms with van der Waals surface area (Å²) in [7, 11) is 0. The van der Waals surface area contributed by atoms with Crippen molar-refractivity contribution in [3.05, 3.63) is 94.3 Å². The maximum absolute atomic E-state index is 13.9. The van der Waals surface area contributed by atoms with Crippen molar-refractivity contribution in [2.24, 2.45) is 0 Å². The monoisotopic (exact) mass is 523 g/mol. The molecule has 0 saturated carbocycles. The zero-order valence-corrected chi connectivity index (χ0v) is 22.3. The number of hydrogen-bond acceptors (Lipinski definition) is 5. The van der Waals surface area contributed by atoms with E-state index in [1.54, 1.807) is 4.57 Å². The number of rotatable bonds is 5. The molecule has 0 aliphatic carbocycles. The first-order valence-electron chi connectivity index (χ1n) is 12.8. The summed E-state index contributed by atoms with van der Waals surface area (Å²) in [6.45, 7) is 6.99. The van der Waals surface area contributed by atoms with E-state index in [2.05, 4.69) is 22.0 Å². The number of piperazine rings is 1. The van der Waals surface area contributed by atoms with Crippen molar-refractivity contribution in [2.45, 2.75) is 19.0 Å². The molecule has 0 atom stereocenters. The lowest BCUT2D eigenvalue weighted by molar-refractivity contribution is -0.128. The van der Waals surface area contributed by atoms with E-state index < -0.39 is 0 Å². The van der Waals surface area contributed by atoms with Gasteiger partial charge >= 0.3 is 0 Å². The summed E-state index contributed by atoms with van der Waals surface area (Å²) in [5.74, 6) is 0.278. The van der Waals surface area contributed by atoms with Crippen LogP contribution in [0.5, 0.6) is 0 Å². The number of aromatic amines is 1. The molecule has 5 aromatic rings. The van der Waals surface area contributed by atoms with Crippen molar-refractivity contribution in [3.63, 3.8) is 0 Å². The van der Waals surface area contributed by atoms with Crippen LogP contribution < -0.4 is 10.5 Å². The first-order valence-corrected chi connectivity index (χ1v) is 13.8. The molecule has 8 heteroatoms. The lowest BCUT2D eigenvalue weighted by Crippen LogP contribution is -2.49. The van der Waals surface area contributed by atoms with Crippen LogP contribution in [-0.2, 0) is 4.79 Å². The van der Waals surface area contributed by atoms with Crippen molar-refractivity contribution in [2.75, 3.05) is 36.8 Å². The quantitative estimate of drug-likeness (QED) is 0.261. The highest BCUT2D eigenvalue weighted by Gasteiger charge is 2.23. The van der Waals surface area contributed by atoms with Gasteiger partial charge in [-0.05, 0) is 49.2 Å². The van der Waals surface area contributed by atoms with Crippen molar-refractivity contribution in [3.8, 4) is 5.69 Å². The molecule has 3 heterocycles. The Kier molecular flexibility index (Phi) is 6.41. The highest BCUT2D eigenvalue weighted by Crippen LogP contribution is 2.28. The topological polar surface area (TPSA) is 74.2 Å². The summed E-state index contributed by atoms with van der Waals surface area (Å²) >= 11 is 1.33. The molecule has 0 radical (unpaired) electrons. The van der Waals surface area contributed by atoms with Crippen LogP contribution in [0, 0.1) is 13.8 Å². The van der Waals surface area contributed by atoms with Crippen LogP contribution in [0.25, 0.3) is 27.6 Å². The number of aromatic nitrogens is 3. The van der Waals surface area contributed by atoms with Gasteiger partial charge in [0.1, 0.15) is 11.0 Å². The Hall–Kier alpha value is -4.04. The van der Waals surface area contributed by atoms with Crippen LogP contribution in [0.1, 0.15) is 11.1 Å². The molecule has 1 aliphatic rings. The molecule has 1 N–H and O–H groups in total. The van der Waals surface area contributed by atoms with Gasteiger partial charge in [0.25, 0.3) is 5.56 Å². The Morgan fingerprint density at radius 3 is 2.45 bits per heavy atom. The van der Waals surface area contributed by atoms with Crippen molar-refractivity contribution >= 4 is 45.3 Å². The normalized spacial score (nSPS) is 13.9. The first kappa shape index (κ1) is 24.3. The average molecular weight is 524 g/mol. The van der Waals surface area contributed by atoms with E-state index in [4.69, 9.17) is 4.98 Å². The van der Waals surface area contributed by atoms with E-state index in [9.17, 15) is 9.59 Å². The second kappa shape index (κ2) is 10.0. The van der Waals surface area contributed by atoms with Gasteiger partial charge in [-0.1, -0.05) is 60.3 Å². The van der Waals surface area contributed by atoms with Crippen LogP contribution >= 0.6 is 11.8 Å². The highest BCUT2D eigenvalue weighted by molar-refractivity contribution is 7.99. The smallest absolute Gasteiger partial charge is 0.283 e. The lowest BCUT2D eigenvalue weighted by Gasteiger charge is -2.36. The SMILES string of the molecule is Cc1cccc(-n2c(SCC(=O)N3CCN(c4ccccc4)CC3)nc3c([nH]c4ccccc43)c2=O)c1C. The van der Waals surface area contributed by atoms with Crippen molar-refractivity contribution in [1.29, 1.82) is 0 Å². The van der Waals surface area contributed by atoms with Gasteiger partial charge in [0.15, 0.2) is 5.16 Å². The Morgan fingerprint density at radius 2 is 1.66 bits per heavy atom. The lowest BCUT2D eigenvalue weighted by atomic mass is 10.1. The van der Waals surface area contributed by atoms with E-state index in [-0.39, 0.29) is 17.2 Å². The Bertz CT molecular complexity index is 1700. The number of nitrogens with one attached hydrogen (secondary N) is 1. The molecule has 2 aromatic heterocycles. The second-order valence-corrected chi connectivity index (χ2v) is 10.6. The number of nitrogens with zero attached hydrogens (tertiary/aromatic N) is 4. The number of thioether (sulfide) groups is 1. The summed E-state index contributed by atoms with van der Waals surface area (Å²) in [4.78, 5) is 39.6. The highest BCUT2D eigenvalue weighted by atomic mass is 32.2. The Morgan fingerprint density at radius 1 is 0.921 bits per heavy atom. The van der Waals surface area contributed by atoms with Crippen LogP contribution in [0.2, 0.25) is 0 Å². The number of benzene rings is 3. The molecule has 0 spiro atoms. The third kappa shape index (κ3) is 4.35. The maximum Gasteiger partial charge on any atom is 0.283 e. The summed E-state index contributed by atoms with van der Waals surface area (Å²) in [6.07, 6.45) is 0. The zero-order chi connectivity index (χ0) is 26.2. The summed E-state index contributed by atoms with van der Waals surface area (Å²) in [5, 5.41) is 1.43. The minimum Gasteiger partial charge on any atom is -0.368 e. The molecule has 192 valence electrons. The van der Waals surface area contributed by atoms with Gasteiger partial charge in [-0.3, -0.25) is 14.2 Å². The van der Waals surface area contributed by atoms with Gasteiger partial charge in [-0.15, -0.1) is 0 Å². The van der Waals surface area contributed by atoms with E-state index >= 15 is 0 Å². The Balaban J connectivity index is 1.31. The number of para-hydroxylation sites is 2. The van der Waals surface area contributed by atoms with E-state index in [1.165, 1.54) is 17.4 Å². The van der Waals surface area contributed by atoms with Gasteiger partial charge < -0.3 is 14.8 Å². The molecule has 6 rings (SSSR count). The molecule has 1 fully saturated rings. The van der Waals surface area contributed by atoms with E-state index in [0.717, 1.165) is 40.8 Å². The van der Waals surface area contributed by atoms with Gasteiger partial charge in [0, 0.05) is 42.8 Å². The van der Waals surface area contributed by atoms with Crippen LogP contribution in [0.15, 0.2) is 82.7 Å². The summed E-state index contributed by atoms with van der Waals surface area (Å²) < 4.78 is 1.66. The number of fused-ring (bicyclic) bond motifs is 3. The fourth-order valence-corrected chi connectivity index (χ4v) is 6.00. The van der Waals surface area contributed by atoms with Gasteiger partial charge in [-0.2, -0.15) is 0 Å². The number of carbonyl (C=O) groups excluding carboxylic acids is 1. The minimum atomic E-state index is -0.161. The standard InChI is InChI=1S/C30H29N5O2S/c1-20-9-8-14-25(21(20)2)35-29(37)28-27(23-12-6-7-13-24(23)31-28)32-30(35)38-19-26(36)34-17-15-33(16-18-34)22-10-4-3-5-11-22/h3-14,31H,15-19H2,1-2H3. The molecule has 0 unspecified atom stereocenters. The van der Waals surface area contributed by atoms with Crippen LogP contribution in [0.3, 0.4) is 0 Å². The number of anilines is 1. The molecule has 1 amide bonds. The van der Waals surface area contributed by atoms with Gasteiger partial charge in [0.05, 0.1) is 11.4 Å². The maximum atomic E-state index is 13.9. The van der Waals surface area contributed by atoms with E-state index in [1.807, 2.05) is 79.4 Å². The predicted octanol–water partition coefficient (Wildman–Crippen LogP) is 4.92. The summed E-state index contributed by atoms with van der Waals surface area (Å²) in [6, 6.07) is 24.0. The minimum absolute atomic E-state index is 0.0588. The van der Waals surface area contributed by atoms with E-state index in [0.29, 0.717) is 29.3 Å². The number of amides is 1. The average Bonchev–Trinajstić information content (AvgIpc) is 3.33. The molecule has 38 heavy (non-hydrogen) atoms. The first-order chi connectivity index (χ1) is 18.5.